The van der Waals surface area contributed by atoms with Gasteiger partial charge in [0, 0.05) is 12.6 Å². The van der Waals surface area contributed by atoms with E-state index < -0.39 is 10.0 Å². The van der Waals surface area contributed by atoms with Gasteiger partial charge in [0.25, 0.3) is 10.0 Å². The summed E-state index contributed by atoms with van der Waals surface area (Å²) in [7, 11) is -3.55. The molecule has 0 aromatic carbocycles. The third-order valence-electron chi connectivity index (χ3n) is 3.31. The van der Waals surface area contributed by atoms with Crippen molar-refractivity contribution in [2.75, 3.05) is 6.61 Å². The molecule has 0 aliphatic heterocycles. The first-order valence-corrected chi connectivity index (χ1v) is 9.27. The number of aliphatic hydroxyl groups is 1. The van der Waals surface area contributed by atoms with Crippen molar-refractivity contribution >= 4 is 37.3 Å². The molecule has 1 fully saturated rings. The highest BCUT2D eigenvalue weighted by atomic mass is 79.9. The van der Waals surface area contributed by atoms with Gasteiger partial charge in [-0.3, -0.25) is 0 Å². The molecule has 2 rings (SSSR count). The van der Waals surface area contributed by atoms with E-state index in [1.165, 1.54) is 0 Å². The summed E-state index contributed by atoms with van der Waals surface area (Å²) in [5.41, 5.74) is 0.683. The van der Waals surface area contributed by atoms with Gasteiger partial charge in [-0.1, -0.05) is 17.8 Å². The van der Waals surface area contributed by atoms with Gasteiger partial charge >= 0.3 is 0 Å². The maximum Gasteiger partial charge on any atom is 0.268 e. The Morgan fingerprint density at radius 1 is 1.53 bits per heavy atom. The highest BCUT2D eigenvalue weighted by Crippen LogP contribution is 2.29. The fourth-order valence-corrected chi connectivity index (χ4v) is 5.55. The summed E-state index contributed by atoms with van der Waals surface area (Å²) in [5.74, 6) is 0.200. The second-order valence-electron chi connectivity index (χ2n) is 4.87. The SMILES string of the molecule is Cc1nc(S(=O)(=O)NC2CCCC(CO)C2)sc1Br. The first kappa shape index (κ1) is 15.4. The lowest BCUT2D eigenvalue weighted by Gasteiger charge is -2.27. The Morgan fingerprint density at radius 2 is 2.26 bits per heavy atom. The lowest BCUT2D eigenvalue weighted by atomic mass is 9.87. The smallest absolute Gasteiger partial charge is 0.268 e. The van der Waals surface area contributed by atoms with Crippen LogP contribution in [-0.2, 0) is 10.0 Å². The minimum atomic E-state index is -3.55. The summed E-state index contributed by atoms with van der Waals surface area (Å²) in [6.45, 7) is 1.89. The third-order valence-corrected chi connectivity index (χ3v) is 7.22. The molecule has 8 heteroatoms. The monoisotopic (exact) mass is 368 g/mol. The molecule has 0 saturated heterocycles. The number of sulfonamides is 1. The first-order valence-electron chi connectivity index (χ1n) is 6.18. The molecule has 0 spiro atoms. The highest BCUT2D eigenvalue weighted by molar-refractivity contribution is 9.11. The van der Waals surface area contributed by atoms with Crippen molar-refractivity contribution in [3.05, 3.63) is 9.48 Å². The Bertz CT molecular complexity index is 525. The number of halogens is 1. The molecule has 1 aromatic rings. The van der Waals surface area contributed by atoms with Crippen LogP contribution in [0.1, 0.15) is 31.4 Å². The summed E-state index contributed by atoms with van der Waals surface area (Å²) >= 11 is 4.41. The number of aromatic nitrogens is 1. The van der Waals surface area contributed by atoms with E-state index in [2.05, 4.69) is 25.6 Å². The number of aliphatic hydroxyl groups excluding tert-OH is 1. The van der Waals surface area contributed by atoms with Crippen LogP contribution in [0.5, 0.6) is 0 Å². The van der Waals surface area contributed by atoms with Crippen LogP contribution in [0.2, 0.25) is 0 Å². The van der Waals surface area contributed by atoms with Crippen molar-refractivity contribution in [1.29, 1.82) is 0 Å². The van der Waals surface area contributed by atoms with Crippen molar-refractivity contribution in [2.24, 2.45) is 5.92 Å². The summed E-state index contributed by atoms with van der Waals surface area (Å²) in [5, 5.41) is 9.17. The summed E-state index contributed by atoms with van der Waals surface area (Å²) < 4.78 is 28.0. The van der Waals surface area contributed by atoms with Crippen molar-refractivity contribution in [3.8, 4) is 0 Å². The molecule has 1 aromatic heterocycles. The molecule has 1 aliphatic carbocycles. The zero-order valence-corrected chi connectivity index (χ0v) is 13.8. The quantitative estimate of drug-likeness (QED) is 0.851. The maximum absolute atomic E-state index is 12.2. The molecule has 0 radical (unpaired) electrons. The fourth-order valence-electron chi connectivity index (χ4n) is 2.30. The van der Waals surface area contributed by atoms with Crippen LogP contribution in [0.4, 0.5) is 0 Å². The van der Waals surface area contributed by atoms with Gasteiger partial charge in [-0.2, -0.15) is 0 Å². The number of thiazole rings is 1. The molecule has 1 saturated carbocycles. The molecule has 0 amide bonds. The Labute approximate surface area is 125 Å². The molecular weight excluding hydrogens is 352 g/mol. The van der Waals surface area contributed by atoms with Crippen molar-refractivity contribution in [3.63, 3.8) is 0 Å². The van der Waals surface area contributed by atoms with E-state index >= 15 is 0 Å². The van der Waals surface area contributed by atoms with Crippen molar-refractivity contribution in [1.82, 2.24) is 9.71 Å². The lowest BCUT2D eigenvalue weighted by Crippen LogP contribution is -2.38. The van der Waals surface area contributed by atoms with E-state index in [0.717, 1.165) is 34.4 Å². The molecule has 108 valence electrons. The minimum absolute atomic E-state index is 0.0983. The van der Waals surface area contributed by atoms with E-state index in [1.54, 1.807) is 6.92 Å². The van der Waals surface area contributed by atoms with E-state index in [9.17, 15) is 13.5 Å². The van der Waals surface area contributed by atoms with Crippen LogP contribution < -0.4 is 4.72 Å². The van der Waals surface area contributed by atoms with E-state index in [-0.39, 0.29) is 22.9 Å². The standard InChI is InChI=1S/C11H17BrN2O3S2/c1-7-10(12)18-11(13-7)19(16,17)14-9-4-2-3-8(5-9)6-15/h8-9,14-15H,2-6H2,1H3. The van der Waals surface area contributed by atoms with Gasteiger partial charge in [-0.15, -0.1) is 0 Å². The molecule has 2 atom stereocenters. The van der Waals surface area contributed by atoms with Crippen LogP contribution in [0.25, 0.3) is 0 Å². The molecule has 0 bridgehead atoms. The topological polar surface area (TPSA) is 79.3 Å². The second-order valence-corrected chi connectivity index (χ2v) is 9.08. The average molecular weight is 369 g/mol. The highest BCUT2D eigenvalue weighted by Gasteiger charge is 2.28. The van der Waals surface area contributed by atoms with Gasteiger partial charge in [-0.25, -0.2) is 18.1 Å². The molecule has 1 heterocycles. The number of hydrogen-bond donors (Lipinski definition) is 2. The van der Waals surface area contributed by atoms with Gasteiger partial charge in [-0.05, 0) is 48.0 Å². The lowest BCUT2D eigenvalue weighted by molar-refractivity contribution is 0.177. The van der Waals surface area contributed by atoms with Crippen molar-refractivity contribution in [2.45, 2.75) is 43.0 Å². The van der Waals surface area contributed by atoms with Crippen LogP contribution in [-0.4, -0.2) is 31.2 Å². The molecule has 5 nitrogen and oxygen atoms in total. The molecule has 19 heavy (non-hydrogen) atoms. The minimum Gasteiger partial charge on any atom is -0.396 e. The van der Waals surface area contributed by atoms with Gasteiger partial charge < -0.3 is 5.11 Å². The largest absolute Gasteiger partial charge is 0.396 e. The van der Waals surface area contributed by atoms with E-state index in [0.29, 0.717) is 12.1 Å². The molecular formula is C11H17BrN2O3S2. The van der Waals surface area contributed by atoms with Crippen LogP contribution in [0.15, 0.2) is 8.13 Å². The maximum atomic E-state index is 12.2. The van der Waals surface area contributed by atoms with Gasteiger partial charge in [0.2, 0.25) is 4.34 Å². The predicted molar refractivity (Wildman–Crippen MR) is 77.7 cm³/mol. The van der Waals surface area contributed by atoms with Crippen LogP contribution >= 0.6 is 27.3 Å². The Hall–Kier alpha value is -0.0200. The Kier molecular flexibility index (Phi) is 4.99. The van der Waals surface area contributed by atoms with Crippen LogP contribution in [0, 0.1) is 12.8 Å². The average Bonchev–Trinajstić information content (AvgIpc) is 2.70. The van der Waals surface area contributed by atoms with Gasteiger partial charge in [0.1, 0.15) is 0 Å². The molecule has 2 unspecified atom stereocenters. The van der Waals surface area contributed by atoms with Gasteiger partial charge in [0.15, 0.2) is 0 Å². The molecule has 2 N–H and O–H groups in total. The normalized spacial score (nSPS) is 24.6. The summed E-state index contributed by atoms with van der Waals surface area (Å²) in [4.78, 5) is 4.06. The first-order chi connectivity index (χ1) is 8.92. The van der Waals surface area contributed by atoms with E-state index in [1.807, 2.05) is 0 Å². The van der Waals surface area contributed by atoms with E-state index in [4.69, 9.17) is 0 Å². The van der Waals surface area contributed by atoms with Gasteiger partial charge in [0.05, 0.1) is 9.48 Å². The van der Waals surface area contributed by atoms with Crippen LogP contribution in [0.3, 0.4) is 0 Å². The number of aryl methyl sites for hydroxylation is 1. The summed E-state index contributed by atoms with van der Waals surface area (Å²) in [6, 6.07) is -0.0983. The Morgan fingerprint density at radius 3 is 2.84 bits per heavy atom. The zero-order valence-electron chi connectivity index (χ0n) is 10.6. The predicted octanol–water partition coefficient (Wildman–Crippen LogP) is 2.04. The number of nitrogens with zero attached hydrogens (tertiary/aromatic N) is 1. The fraction of sp³-hybridized carbons (Fsp3) is 0.727. The third kappa shape index (κ3) is 3.75. The van der Waals surface area contributed by atoms with Crippen molar-refractivity contribution < 1.29 is 13.5 Å². The molecule has 1 aliphatic rings. The number of hydrogen-bond acceptors (Lipinski definition) is 5. The number of nitrogens with one attached hydrogen (secondary N) is 1. The summed E-state index contributed by atoms with van der Waals surface area (Å²) in [6.07, 6.45) is 3.43. The second kappa shape index (κ2) is 6.17. The Balaban J connectivity index is 2.08. The number of rotatable bonds is 4. The zero-order chi connectivity index (χ0) is 14.0.